The molecule has 0 N–H and O–H groups in total. The third-order valence-corrected chi connectivity index (χ3v) is 4.79. The molecule has 0 saturated carbocycles. The van der Waals surface area contributed by atoms with Crippen molar-refractivity contribution in [2.24, 2.45) is 0 Å². The van der Waals surface area contributed by atoms with Crippen LogP contribution >= 0.6 is 0 Å². The summed E-state index contributed by atoms with van der Waals surface area (Å²) < 4.78 is 37.0. The molecule has 0 amide bonds. The van der Waals surface area contributed by atoms with Crippen molar-refractivity contribution >= 4 is 13.3 Å². The van der Waals surface area contributed by atoms with Crippen molar-refractivity contribution in [3.8, 4) is 11.3 Å². The van der Waals surface area contributed by atoms with E-state index < -0.39 is 20.7 Å². The van der Waals surface area contributed by atoms with Crippen LogP contribution in [0, 0.1) is 18.7 Å². The first-order valence-corrected chi connectivity index (χ1v) is 9.28. The second-order valence-corrected chi connectivity index (χ2v) is 10.3. The Morgan fingerprint density at radius 2 is 2.11 bits per heavy atom. The van der Waals surface area contributed by atoms with Gasteiger partial charge in [0.1, 0.15) is 0 Å². The van der Waals surface area contributed by atoms with Crippen LogP contribution in [0.3, 0.4) is 0 Å². The minimum absolute atomic E-state index is 0. The third kappa shape index (κ3) is 3.59. The SMILES string of the molecule is [2H]C([2H])([2H])c1cc(-c2[c-]cccc2F)ncc1[Si](C)(C)C.[Ir]. The summed E-state index contributed by atoms with van der Waals surface area (Å²) in [5.41, 5.74) is 0.773. The van der Waals surface area contributed by atoms with E-state index in [2.05, 4.69) is 30.7 Å². The minimum atomic E-state index is -2.24. The van der Waals surface area contributed by atoms with E-state index in [0.717, 1.165) is 5.19 Å². The molecule has 0 aliphatic heterocycles. The molecule has 0 unspecified atom stereocenters. The predicted octanol–water partition coefficient (Wildman–Crippen LogP) is 3.54. The van der Waals surface area contributed by atoms with Crippen molar-refractivity contribution in [2.75, 3.05) is 0 Å². The van der Waals surface area contributed by atoms with Crippen LogP contribution in [0.2, 0.25) is 19.6 Å². The van der Waals surface area contributed by atoms with E-state index in [-0.39, 0.29) is 31.2 Å². The van der Waals surface area contributed by atoms with Gasteiger partial charge in [-0.25, -0.2) is 0 Å². The molecule has 0 bridgehead atoms. The molecule has 1 aromatic carbocycles. The van der Waals surface area contributed by atoms with Gasteiger partial charge in [-0.05, 0) is 17.7 Å². The second-order valence-electron chi connectivity index (χ2n) is 5.26. The molecule has 19 heavy (non-hydrogen) atoms. The Kier molecular flexibility index (Phi) is 3.82. The Balaban J connectivity index is 0.00000242. The molecule has 0 fully saturated rings. The van der Waals surface area contributed by atoms with E-state index in [1.165, 1.54) is 12.1 Å². The Morgan fingerprint density at radius 3 is 2.68 bits per heavy atom. The normalized spacial score (nSPS) is 14.0. The number of nitrogens with zero attached hydrogens (tertiary/aromatic N) is 1. The smallest absolute Gasteiger partial charge is 0.0798 e. The van der Waals surface area contributed by atoms with Gasteiger partial charge in [-0.2, -0.15) is 0 Å². The molecule has 0 aliphatic carbocycles. The van der Waals surface area contributed by atoms with Crippen LogP contribution in [0.4, 0.5) is 4.39 Å². The van der Waals surface area contributed by atoms with E-state index in [4.69, 9.17) is 4.11 Å². The fraction of sp³-hybridized carbons (Fsp3) is 0.267. The van der Waals surface area contributed by atoms with Crippen LogP contribution in [-0.2, 0) is 20.1 Å². The second kappa shape index (κ2) is 6.08. The van der Waals surface area contributed by atoms with Crippen LogP contribution < -0.4 is 5.19 Å². The first-order valence-electron chi connectivity index (χ1n) is 7.28. The number of rotatable bonds is 2. The molecule has 1 radical (unpaired) electrons. The van der Waals surface area contributed by atoms with Crippen molar-refractivity contribution in [3.63, 3.8) is 0 Å². The van der Waals surface area contributed by atoms with Crippen molar-refractivity contribution in [3.05, 3.63) is 47.9 Å². The maximum absolute atomic E-state index is 13.8. The van der Waals surface area contributed by atoms with Crippen molar-refractivity contribution < 1.29 is 28.6 Å². The molecule has 103 valence electrons. The molecule has 4 heteroatoms. The van der Waals surface area contributed by atoms with Crippen LogP contribution in [0.25, 0.3) is 11.3 Å². The van der Waals surface area contributed by atoms with Gasteiger partial charge in [0.2, 0.25) is 0 Å². The predicted molar refractivity (Wildman–Crippen MR) is 76.2 cm³/mol. The third-order valence-electron chi connectivity index (χ3n) is 2.77. The van der Waals surface area contributed by atoms with Gasteiger partial charge < -0.3 is 4.98 Å². The summed E-state index contributed by atoms with van der Waals surface area (Å²) in [6, 6.07) is 8.70. The number of benzene rings is 1. The minimum Gasteiger partial charge on any atom is -0.305 e. The number of hydrogen-bond acceptors (Lipinski definition) is 1. The van der Waals surface area contributed by atoms with E-state index >= 15 is 0 Å². The van der Waals surface area contributed by atoms with Crippen LogP contribution in [0.15, 0.2) is 30.5 Å². The van der Waals surface area contributed by atoms with Gasteiger partial charge in [0.05, 0.1) is 8.07 Å². The standard InChI is InChI=1S/C15H17FNSi.Ir/c1-11-9-14(12-7-5-6-8-13(12)16)17-10-15(11)18(2,3)4;/h5-6,8-10H,1-4H3;/q-1;/i1D3;. The van der Waals surface area contributed by atoms with Crippen LogP contribution in [0.5, 0.6) is 0 Å². The quantitative estimate of drug-likeness (QED) is 0.501. The largest absolute Gasteiger partial charge is 0.305 e. The van der Waals surface area contributed by atoms with Gasteiger partial charge in [0, 0.05) is 36.2 Å². The molecular formula is C15H17FIrNSi-. The molecule has 0 saturated heterocycles. The molecule has 1 nitrogen and oxygen atoms in total. The maximum atomic E-state index is 13.8. The number of halogens is 1. The molecule has 0 atom stereocenters. The van der Waals surface area contributed by atoms with Gasteiger partial charge in [0.15, 0.2) is 0 Å². The summed E-state index contributed by atoms with van der Waals surface area (Å²) >= 11 is 0. The number of pyridine rings is 1. The molecule has 0 aliphatic rings. The number of hydrogen-bond donors (Lipinski definition) is 0. The monoisotopic (exact) mass is 454 g/mol. The molecule has 2 aromatic rings. The molecular weight excluding hydrogens is 433 g/mol. The Hall–Kier alpha value is -0.834. The summed E-state index contributed by atoms with van der Waals surface area (Å²) in [6.07, 6.45) is 1.59. The molecule has 1 heterocycles. The summed E-state index contributed by atoms with van der Waals surface area (Å²) in [7, 11) is -1.85. The maximum Gasteiger partial charge on any atom is 0.0798 e. The zero-order valence-electron chi connectivity index (χ0n) is 14.0. The van der Waals surface area contributed by atoms with Crippen molar-refractivity contribution in [1.82, 2.24) is 4.98 Å². The number of aromatic nitrogens is 1. The van der Waals surface area contributed by atoms with Crippen molar-refractivity contribution in [1.29, 1.82) is 0 Å². The molecule has 2 rings (SSSR count). The summed E-state index contributed by atoms with van der Waals surface area (Å²) in [5.74, 6) is -0.456. The summed E-state index contributed by atoms with van der Waals surface area (Å²) in [5, 5.41) is 0.780. The van der Waals surface area contributed by atoms with Crippen LogP contribution in [0.1, 0.15) is 9.68 Å². The molecule has 0 spiro atoms. The Morgan fingerprint density at radius 1 is 1.37 bits per heavy atom. The average Bonchev–Trinajstić information content (AvgIpc) is 2.36. The van der Waals surface area contributed by atoms with Gasteiger partial charge >= 0.3 is 0 Å². The van der Waals surface area contributed by atoms with E-state index in [0.29, 0.717) is 5.69 Å². The Bertz CT molecular complexity index is 669. The fourth-order valence-corrected chi connectivity index (χ4v) is 3.13. The zero-order chi connectivity index (χ0) is 15.8. The van der Waals surface area contributed by atoms with E-state index in [9.17, 15) is 4.39 Å². The van der Waals surface area contributed by atoms with E-state index in [1.807, 2.05) is 0 Å². The molecule has 1 aromatic heterocycles. The zero-order valence-corrected chi connectivity index (χ0v) is 14.4. The van der Waals surface area contributed by atoms with Gasteiger partial charge in [0.25, 0.3) is 0 Å². The van der Waals surface area contributed by atoms with Crippen LogP contribution in [-0.4, -0.2) is 13.1 Å². The first kappa shape index (κ1) is 11.9. The number of aryl methyl sites for hydroxylation is 1. The average molecular weight is 454 g/mol. The van der Waals surface area contributed by atoms with E-state index in [1.54, 1.807) is 18.3 Å². The summed E-state index contributed by atoms with van der Waals surface area (Å²) in [6.45, 7) is 3.95. The van der Waals surface area contributed by atoms with Gasteiger partial charge in [-0.3, -0.25) is 4.39 Å². The fourth-order valence-electron chi connectivity index (χ4n) is 1.80. The van der Waals surface area contributed by atoms with Gasteiger partial charge in [-0.15, -0.1) is 24.3 Å². The first-order chi connectivity index (χ1) is 9.60. The topological polar surface area (TPSA) is 12.9 Å². The Labute approximate surface area is 132 Å². The van der Waals surface area contributed by atoms with Crippen molar-refractivity contribution in [2.45, 2.75) is 26.5 Å². The summed E-state index contributed by atoms with van der Waals surface area (Å²) in [4.78, 5) is 4.26. The van der Waals surface area contributed by atoms with Gasteiger partial charge in [-0.1, -0.05) is 36.8 Å².